The number of carbonyl (C=O) groups excluding carboxylic acids is 3. The standard InChI is InChI=1S/C12H21N3O3/c13-9(16)5-8-3-1-2-4-12(8,6-10(14)17)7-11(15)18/h8H,1-7H2,(H2,13,16)(H2,14,17)(H2,15,18). The molecule has 6 heteroatoms. The van der Waals surface area contributed by atoms with Crippen LogP contribution in [0.1, 0.15) is 44.9 Å². The van der Waals surface area contributed by atoms with E-state index in [1.807, 2.05) is 0 Å². The largest absolute Gasteiger partial charge is 0.370 e. The fourth-order valence-corrected chi connectivity index (χ4v) is 3.16. The van der Waals surface area contributed by atoms with Crippen LogP contribution in [0.15, 0.2) is 0 Å². The van der Waals surface area contributed by atoms with Crippen molar-refractivity contribution in [1.29, 1.82) is 0 Å². The van der Waals surface area contributed by atoms with E-state index < -0.39 is 23.1 Å². The van der Waals surface area contributed by atoms with E-state index >= 15 is 0 Å². The summed E-state index contributed by atoms with van der Waals surface area (Å²) >= 11 is 0. The van der Waals surface area contributed by atoms with Crippen LogP contribution in [0, 0.1) is 11.3 Å². The third-order valence-electron chi connectivity index (χ3n) is 3.84. The van der Waals surface area contributed by atoms with E-state index in [-0.39, 0.29) is 25.2 Å². The molecular weight excluding hydrogens is 234 g/mol. The van der Waals surface area contributed by atoms with Gasteiger partial charge in [-0.15, -0.1) is 0 Å². The Bertz CT molecular complexity index is 338. The van der Waals surface area contributed by atoms with Crippen LogP contribution in [0.2, 0.25) is 0 Å². The molecule has 0 aromatic carbocycles. The third kappa shape index (κ3) is 3.72. The fraction of sp³-hybridized carbons (Fsp3) is 0.750. The van der Waals surface area contributed by atoms with E-state index in [0.29, 0.717) is 6.42 Å². The van der Waals surface area contributed by atoms with Crippen molar-refractivity contribution in [2.75, 3.05) is 0 Å². The molecule has 3 amide bonds. The first-order valence-electron chi connectivity index (χ1n) is 6.20. The van der Waals surface area contributed by atoms with Crippen molar-refractivity contribution < 1.29 is 14.4 Å². The lowest BCUT2D eigenvalue weighted by molar-refractivity contribution is -0.130. The second-order valence-electron chi connectivity index (χ2n) is 5.26. The van der Waals surface area contributed by atoms with E-state index in [1.165, 1.54) is 0 Å². The Morgan fingerprint density at radius 3 is 1.94 bits per heavy atom. The summed E-state index contributed by atoms with van der Waals surface area (Å²) in [7, 11) is 0. The highest BCUT2D eigenvalue weighted by Crippen LogP contribution is 2.48. The maximum atomic E-state index is 11.2. The minimum absolute atomic E-state index is 0.0799. The molecule has 0 aliphatic heterocycles. The number of hydrogen-bond donors (Lipinski definition) is 3. The van der Waals surface area contributed by atoms with Crippen LogP contribution < -0.4 is 17.2 Å². The van der Waals surface area contributed by atoms with Crippen molar-refractivity contribution in [3.05, 3.63) is 0 Å². The Kier molecular flexibility index (Phi) is 4.69. The molecular formula is C12H21N3O3. The number of amides is 3. The zero-order chi connectivity index (χ0) is 13.8. The number of hydrogen-bond acceptors (Lipinski definition) is 3. The molecule has 1 saturated carbocycles. The maximum Gasteiger partial charge on any atom is 0.217 e. The quantitative estimate of drug-likeness (QED) is 0.607. The molecule has 18 heavy (non-hydrogen) atoms. The molecule has 102 valence electrons. The van der Waals surface area contributed by atoms with E-state index in [1.54, 1.807) is 0 Å². The molecule has 0 saturated heterocycles. The van der Waals surface area contributed by atoms with Crippen LogP contribution in [0.3, 0.4) is 0 Å². The molecule has 1 aliphatic rings. The molecule has 1 atom stereocenters. The highest BCUT2D eigenvalue weighted by molar-refractivity contribution is 5.79. The molecule has 0 spiro atoms. The summed E-state index contributed by atoms with van der Waals surface area (Å²) in [4.78, 5) is 33.6. The minimum atomic E-state index is -0.578. The molecule has 0 bridgehead atoms. The number of primary amides is 3. The van der Waals surface area contributed by atoms with E-state index in [9.17, 15) is 14.4 Å². The second kappa shape index (κ2) is 5.84. The topological polar surface area (TPSA) is 129 Å². The molecule has 6 nitrogen and oxygen atoms in total. The van der Waals surface area contributed by atoms with Crippen molar-refractivity contribution >= 4 is 17.7 Å². The summed E-state index contributed by atoms with van der Waals surface area (Å²) in [6.07, 6.45) is 3.72. The number of carbonyl (C=O) groups is 3. The lowest BCUT2D eigenvalue weighted by Gasteiger charge is -2.42. The Hall–Kier alpha value is -1.59. The summed E-state index contributed by atoms with van der Waals surface area (Å²) in [6.45, 7) is 0. The summed E-state index contributed by atoms with van der Waals surface area (Å²) in [5.41, 5.74) is 15.2. The van der Waals surface area contributed by atoms with E-state index in [2.05, 4.69) is 0 Å². The molecule has 0 radical (unpaired) electrons. The Balaban J connectivity index is 2.96. The van der Waals surface area contributed by atoms with Crippen LogP contribution in [-0.4, -0.2) is 17.7 Å². The predicted octanol–water partition coefficient (Wildman–Crippen LogP) is -0.211. The summed E-state index contributed by atoms with van der Waals surface area (Å²) in [5, 5.41) is 0. The predicted molar refractivity (Wildman–Crippen MR) is 65.8 cm³/mol. The van der Waals surface area contributed by atoms with Crippen LogP contribution in [0.4, 0.5) is 0 Å². The van der Waals surface area contributed by atoms with Gasteiger partial charge in [0, 0.05) is 19.3 Å². The fourth-order valence-electron chi connectivity index (χ4n) is 3.16. The maximum absolute atomic E-state index is 11.2. The smallest absolute Gasteiger partial charge is 0.217 e. The molecule has 6 N–H and O–H groups in total. The van der Waals surface area contributed by atoms with Gasteiger partial charge in [0.25, 0.3) is 0 Å². The SMILES string of the molecule is NC(=O)CC1CCCCC1(CC(N)=O)CC(N)=O. The normalized spacial score (nSPS) is 22.3. The zero-order valence-electron chi connectivity index (χ0n) is 10.5. The first kappa shape index (κ1) is 14.5. The molecule has 0 aromatic heterocycles. The van der Waals surface area contributed by atoms with Gasteiger partial charge in [-0.1, -0.05) is 12.8 Å². The van der Waals surface area contributed by atoms with Gasteiger partial charge >= 0.3 is 0 Å². The highest BCUT2D eigenvalue weighted by Gasteiger charge is 2.43. The highest BCUT2D eigenvalue weighted by atomic mass is 16.2. The van der Waals surface area contributed by atoms with E-state index in [0.717, 1.165) is 19.3 Å². The average molecular weight is 255 g/mol. The second-order valence-corrected chi connectivity index (χ2v) is 5.26. The lowest BCUT2D eigenvalue weighted by atomic mass is 9.61. The van der Waals surface area contributed by atoms with Gasteiger partial charge < -0.3 is 17.2 Å². The number of nitrogens with two attached hydrogens (primary N) is 3. The molecule has 0 heterocycles. The van der Waals surface area contributed by atoms with Crippen molar-refractivity contribution in [1.82, 2.24) is 0 Å². The first-order chi connectivity index (χ1) is 8.35. The summed E-state index contributed by atoms with van der Waals surface area (Å²) in [6, 6.07) is 0. The zero-order valence-corrected chi connectivity index (χ0v) is 10.5. The first-order valence-corrected chi connectivity index (χ1v) is 6.20. The Morgan fingerprint density at radius 2 is 1.50 bits per heavy atom. The summed E-state index contributed by atoms with van der Waals surface area (Å²) in [5.74, 6) is -1.43. The average Bonchev–Trinajstić information content (AvgIpc) is 2.18. The van der Waals surface area contributed by atoms with Crippen molar-refractivity contribution in [3.8, 4) is 0 Å². The Labute approximate surface area is 106 Å². The number of rotatable bonds is 6. The van der Waals surface area contributed by atoms with Crippen molar-refractivity contribution in [2.45, 2.75) is 44.9 Å². The van der Waals surface area contributed by atoms with Crippen LogP contribution in [0.25, 0.3) is 0 Å². The molecule has 1 fully saturated rings. The van der Waals surface area contributed by atoms with Gasteiger partial charge in [0.15, 0.2) is 0 Å². The van der Waals surface area contributed by atoms with Crippen LogP contribution in [-0.2, 0) is 14.4 Å². The Morgan fingerprint density at radius 1 is 0.944 bits per heavy atom. The summed E-state index contributed by atoms with van der Waals surface area (Å²) < 4.78 is 0. The van der Waals surface area contributed by atoms with Gasteiger partial charge in [-0.2, -0.15) is 0 Å². The van der Waals surface area contributed by atoms with Gasteiger partial charge in [0.2, 0.25) is 17.7 Å². The lowest BCUT2D eigenvalue weighted by Crippen LogP contribution is -2.42. The monoisotopic (exact) mass is 255 g/mol. The van der Waals surface area contributed by atoms with Crippen LogP contribution in [0.5, 0.6) is 0 Å². The minimum Gasteiger partial charge on any atom is -0.370 e. The van der Waals surface area contributed by atoms with Crippen LogP contribution >= 0.6 is 0 Å². The molecule has 1 unspecified atom stereocenters. The van der Waals surface area contributed by atoms with Crippen molar-refractivity contribution in [3.63, 3.8) is 0 Å². The van der Waals surface area contributed by atoms with Crippen molar-refractivity contribution in [2.24, 2.45) is 28.5 Å². The van der Waals surface area contributed by atoms with Gasteiger partial charge in [0.05, 0.1) is 0 Å². The van der Waals surface area contributed by atoms with Gasteiger partial charge in [0.1, 0.15) is 0 Å². The van der Waals surface area contributed by atoms with Gasteiger partial charge in [-0.3, -0.25) is 14.4 Å². The van der Waals surface area contributed by atoms with Gasteiger partial charge in [-0.25, -0.2) is 0 Å². The molecule has 1 rings (SSSR count). The van der Waals surface area contributed by atoms with Gasteiger partial charge in [-0.05, 0) is 24.2 Å². The molecule has 0 aromatic rings. The molecule has 1 aliphatic carbocycles. The third-order valence-corrected chi connectivity index (χ3v) is 3.84. The van der Waals surface area contributed by atoms with E-state index in [4.69, 9.17) is 17.2 Å².